The maximum atomic E-state index is 16.4. The number of rotatable bonds is 5. The summed E-state index contributed by atoms with van der Waals surface area (Å²) in [6.45, 7) is 5.86. The number of alkyl halides is 3. The number of aromatic nitrogens is 3. The number of benzene rings is 1. The molecule has 1 fully saturated rings. The van der Waals surface area contributed by atoms with Gasteiger partial charge in [-0.05, 0) is 63.6 Å². The third-order valence-corrected chi connectivity index (χ3v) is 7.53. The predicted octanol–water partition coefficient (Wildman–Crippen LogP) is 5.25. The lowest BCUT2D eigenvalue weighted by molar-refractivity contribution is -0.137. The molecule has 1 aromatic carbocycles. The molecule has 4 heterocycles. The second-order valence-corrected chi connectivity index (χ2v) is 10.6. The molecule has 42 heavy (non-hydrogen) atoms. The molecule has 3 aromatic rings. The van der Waals surface area contributed by atoms with Crippen LogP contribution in [0.3, 0.4) is 0 Å². The van der Waals surface area contributed by atoms with Crippen molar-refractivity contribution < 1.29 is 36.2 Å². The topological polar surface area (TPSA) is 116 Å². The number of nitrogens with one attached hydrogen (secondary N) is 2. The van der Waals surface area contributed by atoms with Crippen LogP contribution in [0.5, 0.6) is 11.9 Å². The Labute approximate surface area is 239 Å². The van der Waals surface area contributed by atoms with Crippen LogP contribution < -0.4 is 25.8 Å². The lowest BCUT2D eigenvalue weighted by Gasteiger charge is -2.22. The van der Waals surface area contributed by atoms with Crippen LogP contribution in [-0.2, 0) is 10.9 Å². The van der Waals surface area contributed by atoms with E-state index in [0.717, 1.165) is 25.8 Å². The molecule has 0 bridgehead atoms. The molecule has 0 saturated carbocycles. The summed E-state index contributed by atoms with van der Waals surface area (Å²) >= 11 is 0. The average molecular weight is 597 g/mol. The van der Waals surface area contributed by atoms with E-state index < -0.39 is 52.0 Å². The number of hydrogen-bond acceptors (Lipinski definition) is 9. The van der Waals surface area contributed by atoms with Crippen molar-refractivity contribution in [1.29, 1.82) is 0 Å². The lowest BCUT2D eigenvalue weighted by Crippen LogP contribution is -2.26. The molecular weight excluding hydrogens is 563 g/mol. The highest BCUT2D eigenvalue weighted by molar-refractivity contribution is 5.96. The molecule has 14 heteroatoms. The number of anilines is 2. The molecule has 0 aliphatic carbocycles. The Kier molecular flexibility index (Phi) is 8.83. The van der Waals surface area contributed by atoms with Gasteiger partial charge >= 0.3 is 12.2 Å². The van der Waals surface area contributed by atoms with E-state index in [1.807, 2.05) is 0 Å². The summed E-state index contributed by atoms with van der Waals surface area (Å²) in [5, 5.41) is 6.43. The van der Waals surface area contributed by atoms with Crippen molar-refractivity contribution in [2.45, 2.75) is 51.8 Å². The van der Waals surface area contributed by atoms with E-state index in [1.165, 1.54) is 0 Å². The summed E-state index contributed by atoms with van der Waals surface area (Å²) in [5.41, 5.74) is 1.18. The van der Waals surface area contributed by atoms with Gasteiger partial charge in [0.15, 0.2) is 5.82 Å². The van der Waals surface area contributed by atoms with Crippen molar-refractivity contribution in [3.05, 3.63) is 28.8 Å². The molecule has 0 radical (unpaired) electrons. The van der Waals surface area contributed by atoms with E-state index in [9.17, 15) is 17.6 Å². The first kappa shape index (κ1) is 30.0. The highest BCUT2D eigenvalue weighted by Gasteiger charge is 2.39. The Morgan fingerprint density at radius 3 is 2.55 bits per heavy atom. The van der Waals surface area contributed by atoms with Gasteiger partial charge in [0.1, 0.15) is 28.2 Å². The smallest absolute Gasteiger partial charge is 0.417 e. The van der Waals surface area contributed by atoms with Gasteiger partial charge < -0.3 is 30.6 Å². The van der Waals surface area contributed by atoms with Crippen molar-refractivity contribution in [3.63, 3.8) is 0 Å². The number of nitrogens with two attached hydrogens (primary N) is 1. The van der Waals surface area contributed by atoms with Gasteiger partial charge in [0.05, 0.1) is 24.0 Å². The third-order valence-electron chi connectivity index (χ3n) is 7.53. The molecule has 228 valence electrons. The molecule has 2 aliphatic heterocycles. The number of hydrogen-bond donors (Lipinski definition) is 3. The molecule has 2 aromatic heterocycles. The highest BCUT2D eigenvalue weighted by Crippen LogP contribution is 2.44. The summed E-state index contributed by atoms with van der Waals surface area (Å²) in [6, 6.07) is 0.583. The van der Waals surface area contributed by atoms with Crippen molar-refractivity contribution in [3.8, 4) is 23.1 Å². The fraction of sp³-hybridized carbons (Fsp3) is 0.536. The maximum Gasteiger partial charge on any atom is 0.417 e. The van der Waals surface area contributed by atoms with E-state index in [-0.39, 0.29) is 35.2 Å². The van der Waals surface area contributed by atoms with Gasteiger partial charge in [-0.3, -0.25) is 0 Å². The minimum absolute atomic E-state index is 0.0575. The fourth-order valence-electron chi connectivity index (χ4n) is 5.25. The van der Waals surface area contributed by atoms with E-state index in [0.29, 0.717) is 51.6 Å². The quantitative estimate of drug-likeness (QED) is 0.268. The second-order valence-electron chi connectivity index (χ2n) is 10.6. The lowest BCUT2D eigenvalue weighted by atomic mass is 9.96. The van der Waals surface area contributed by atoms with Crippen molar-refractivity contribution >= 4 is 22.4 Å². The third kappa shape index (κ3) is 6.28. The Hall–Kier alpha value is -3.52. The molecule has 1 atom stereocenters. The SMILES string of the molecule is Cc1c(F)c(N)cc(-c2nc3c4c(nc(OCCC5CCOCC5)nc4c2F)NCCNCCC(C)O3)c1C(F)(F)F. The monoisotopic (exact) mass is 596 g/mol. The van der Waals surface area contributed by atoms with E-state index in [1.54, 1.807) is 6.92 Å². The molecule has 9 nitrogen and oxygen atoms in total. The van der Waals surface area contributed by atoms with Gasteiger partial charge in [-0.1, -0.05) is 0 Å². The maximum absolute atomic E-state index is 16.4. The van der Waals surface area contributed by atoms with Crippen LogP contribution in [0.15, 0.2) is 6.07 Å². The first-order chi connectivity index (χ1) is 20.0. The van der Waals surface area contributed by atoms with Crippen molar-refractivity contribution in [2.24, 2.45) is 5.92 Å². The van der Waals surface area contributed by atoms with Crippen LogP contribution in [0.25, 0.3) is 22.2 Å². The first-order valence-electron chi connectivity index (χ1n) is 13.9. The average Bonchev–Trinajstić information content (AvgIpc) is 2.97. The van der Waals surface area contributed by atoms with E-state index in [4.69, 9.17) is 19.9 Å². The summed E-state index contributed by atoms with van der Waals surface area (Å²) in [5.74, 6) is -2.02. The zero-order valence-electron chi connectivity index (χ0n) is 23.3. The second kappa shape index (κ2) is 12.4. The van der Waals surface area contributed by atoms with Crippen LogP contribution >= 0.6 is 0 Å². The number of pyridine rings is 1. The molecule has 0 spiro atoms. The number of halogens is 5. The Morgan fingerprint density at radius 2 is 1.81 bits per heavy atom. The predicted molar refractivity (Wildman–Crippen MR) is 147 cm³/mol. The normalized spacial score (nSPS) is 18.7. The Balaban J connectivity index is 1.68. The van der Waals surface area contributed by atoms with Crippen molar-refractivity contribution in [1.82, 2.24) is 20.3 Å². The van der Waals surface area contributed by atoms with Crippen LogP contribution in [0.2, 0.25) is 0 Å². The molecule has 1 saturated heterocycles. The van der Waals surface area contributed by atoms with Crippen LogP contribution in [0, 0.1) is 24.5 Å². The van der Waals surface area contributed by atoms with Crippen LogP contribution in [0.1, 0.15) is 43.7 Å². The molecule has 5 rings (SSSR count). The highest BCUT2D eigenvalue weighted by atomic mass is 19.4. The van der Waals surface area contributed by atoms with Gasteiger partial charge in [0.2, 0.25) is 5.88 Å². The Morgan fingerprint density at radius 1 is 1.05 bits per heavy atom. The number of nitrogens with zero attached hydrogens (tertiary/aromatic N) is 3. The van der Waals surface area contributed by atoms with Crippen LogP contribution in [0.4, 0.5) is 33.5 Å². The van der Waals surface area contributed by atoms with E-state index >= 15 is 4.39 Å². The molecule has 0 amide bonds. The zero-order valence-corrected chi connectivity index (χ0v) is 23.3. The summed E-state index contributed by atoms with van der Waals surface area (Å²) in [7, 11) is 0. The standard InChI is InChI=1S/C28H33F5N6O3/c1-14-3-7-35-8-9-36-25-19-24(38-27(39-25)41-12-6-16-4-10-40-11-5-16)22(30)23(37-26(19)42-14)17-13-18(34)21(29)15(2)20(17)28(31,32)33/h13-14,16,35H,3-12,34H2,1-2H3,(H,36,38,39). The van der Waals surface area contributed by atoms with Gasteiger partial charge in [0.25, 0.3) is 0 Å². The zero-order chi connectivity index (χ0) is 30.0. The largest absolute Gasteiger partial charge is 0.474 e. The van der Waals surface area contributed by atoms with Gasteiger partial charge in [-0.25, -0.2) is 13.8 Å². The van der Waals surface area contributed by atoms with Gasteiger partial charge in [0, 0.05) is 31.9 Å². The molecular formula is C28H33F5N6O3. The molecule has 2 aliphatic rings. The number of nitrogen functional groups attached to an aromatic ring is 1. The minimum Gasteiger partial charge on any atom is -0.474 e. The Bertz CT molecular complexity index is 1450. The van der Waals surface area contributed by atoms with E-state index in [2.05, 4.69) is 25.6 Å². The summed E-state index contributed by atoms with van der Waals surface area (Å²) < 4.78 is 90.9. The summed E-state index contributed by atoms with van der Waals surface area (Å²) in [4.78, 5) is 13.0. The van der Waals surface area contributed by atoms with Gasteiger partial charge in [-0.15, -0.1) is 0 Å². The first-order valence-corrected chi connectivity index (χ1v) is 13.9. The molecule has 4 N–H and O–H groups in total. The summed E-state index contributed by atoms with van der Waals surface area (Å²) in [6.07, 6.45) is -2.45. The van der Waals surface area contributed by atoms with Crippen molar-refractivity contribution in [2.75, 3.05) is 50.5 Å². The van der Waals surface area contributed by atoms with Crippen LogP contribution in [-0.4, -0.2) is 60.5 Å². The minimum atomic E-state index is -5.04. The fourth-order valence-corrected chi connectivity index (χ4v) is 5.25. The number of ether oxygens (including phenoxy) is 3. The molecule has 1 unspecified atom stereocenters. The van der Waals surface area contributed by atoms with Gasteiger partial charge in [-0.2, -0.15) is 23.1 Å².